The van der Waals surface area contributed by atoms with Gasteiger partial charge >= 0.3 is 0 Å². The number of carbonyl (C=O) groups is 1. The SMILES string of the molecule is COCCN(C)CCNCCC(=O)N(C)C. The highest BCUT2D eigenvalue weighted by atomic mass is 16.5. The molecule has 16 heavy (non-hydrogen) atoms. The Balaban J connectivity index is 3.29. The van der Waals surface area contributed by atoms with Gasteiger partial charge in [0, 0.05) is 53.8 Å². The maximum Gasteiger partial charge on any atom is 0.223 e. The van der Waals surface area contributed by atoms with Crippen LogP contribution in [0.4, 0.5) is 0 Å². The minimum atomic E-state index is 0.167. The lowest BCUT2D eigenvalue weighted by Gasteiger charge is -2.16. The predicted octanol–water partition coefficient (Wildman–Crippen LogP) is -0.367. The Bertz CT molecular complexity index is 186. The van der Waals surface area contributed by atoms with Crippen molar-refractivity contribution in [3.05, 3.63) is 0 Å². The highest BCUT2D eigenvalue weighted by molar-refractivity contribution is 5.75. The quantitative estimate of drug-likeness (QED) is 0.550. The third-order valence-electron chi connectivity index (χ3n) is 2.36. The number of likely N-dealkylation sites (N-methyl/N-ethyl adjacent to an activating group) is 1. The van der Waals surface area contributed by atoms with Crippen molar-refractivity contribution in [1.29, 1.82) is 0 Å². The van der Waals surface area contributed by atoms with Crippen molar-refractivity contribution >= 4 is 5.91 Å². The average molecular weight is 231 g/mol. The molecule has 0 aromatic rings. The molecular weight excluding hydrogens is 206 g/mol. The van der Waals surface area contributed by atoms with E-state index in [9.17, 15) is 4.79 Å². The standard InChI is InChI=1S/C11H25N3O2/c1-13(2)11(15)5-6-12-7-8-14(3)9-10-16-4/h12H,5-10H2,1-4H3. The molecule has 0 saturated heterocycles. The van der Waals surface area contributed by atoms with Crippen molar-refractivity contribution in [2.75, 3.05) is 61.0 Å². The monoisotopic (exact) mass is 231 g/mol. The maximum absolute atomic E-state index is 11.2. The van der Waals surface area contributed by atoms with Gasteiger partial charge in [0.1, 0.15) is 0 Å². The van der Waals surface area contributed by atoms with E-state index in [1.54, 1.807) is 26.1 Å². The molecule has 5 heteroatoms. The average Bonchev–Trinajstić information content (AvgIpc) is 2.25. The molecule has 0 saturated carbocycles. The fourth-order valence-corrected chi connectivity index (χ4v) is 1.17. The summed E-state index contributed by atoms with van der Waals surface area (Å²) in [5, 5.41) is 3.25. The van der Waals surface area contributed by atoms with Gasteiger partial charge in [0.15, 0.2) is 0 Å². The van der Waals surface area contributed by atoms with Crippen molar-refractivity contribution in [2.45, 2.75) is 6.42 Å². The van der Waals surface area contributed by atoms with E-state index in [1.807, 2.05) is 0 Å². The zero-order chi connectivity index (χ0) is 12.4. The summed E-state index contributed by atoms with van der Waals surface area (Å²) in [6.07, 6.45) is 0.564. The molecule has 1 N–H and O–H groups in total. The van der Waals surface area contributed by atoms with E-state index in [1.165, 1.54) is 0 Å². The van der Waals surface area contributed by atoms with E-state index >= 15 is 0 Å². The van der Waals surface area contributed by atoms with Gasteiger partial charge in [0.2, 0.25) is 5.91 Å². The van der Waals surface area contributed by atoms with Crippen LogP contribution in [0.3, 0.4) is 0 Å². The van der Waals surface area contributed by atoms with E-state index in [-0.39, 0.29) is 5.91 Å². The summed E-state index contributed by atoms with van der Waals surface area (Å²) in [7, 11) is 7.33. The molecule has 0 rings (SSSR count). The molecule has 0 unspecified atom stereocenters. The summed E-state index contributed by atoms with van der Waals surface area (Å²) in [4.78, 5) is 15.1. The molecule has 0 atom stereocenters. The second-order valence-electron chi connectivity index (χ2n) is 4.08. The summed E-state index contributed by atoms with van der Waals surface area (Å²) in [5.41, 5.74) is 0. The van der Waals surface area contributed by atoms with Crippen LogP contribution in [0, 0.1) is 0 Å². The van der Waals surface area contributed by atoms with Crippen LogP contribution < -0.4 is 5.32 Å². The normalized spacial score (nSPS) is 10.8. The Morgan fingerprint density at radius 3 is 2.44 bits per heavy atom. The third-order valence-corrected chi connectivity index (χ3v) is 2.36. The largest absolute Gasteiger partial charge is 0.383 e. The molecule has 0 fully saturated rings. The van der Waals surface area contributed by atoms with Crippen LogP contribution in [0.15, 0.2) is 0 Å². The number of hydrogen-bond acceptors (Lipinski definition) is 4. The van der Waals surface area contributed by atoms with Gasteiger partial charge in [-0.25, -0.2) is 0 Å². The van der Waals surface area contributed by atoms with E-state index in [0.29, 0.717) is 6.42 Å². The lowest BCUT2D eigenvalue weighted by Crippen LogP contribution is -2.33. The van der Waals surface area contributed by atoms with Gasteiger partial charge in [-0.2, -0.15) is 0 Å². The highest BCUT2D eigenvalue weighted by Crippen LogP contribution is 1.85. The molecule has 5 nitrogen and oxygen atoms in total. The first-order valence-corrected chi connectivity index (χ1v) is 5.66. The number of hydrogen-bond donors (Lipinski definition) is 1. The predicted molar refractivity (Wildman–Crippen MR) is 65.6 cm³/mol. The summed E-state index contributed by atoms with van der Waals surface area (Å²) < 4.78 is 4.99. The highest BCUT2D eigenvalue weighted by Gasteiger charge is 2.02. The van der Waals surface area contributed by atoms with Gasteiger partial charge in [-0.3, -0.25) is 4.79 Å². The van der Waals surface area contributed by atoms with E-state index in [2.05, 4.69) is 17.3 Å². The second-order valence-corrected chi connectivity index (χ2v) is 4.08. The first-order chi connectivity index (χ1) is 7.57. The molecule has 0 aromatic carbocycles. The summed E-state index contributed by atoms with van der Waals surface area (Å²) in [6.45, 7) is 4.32. The Labute approximate surface area is 98.7 Å². The fraction of sp³-hybridized carbons (Fsp3) is 0.909. The van der Waals surface area contributed by atoms with Crippen molar-refractivity contribution in [3.8, 4) is 0 Å². The molecule has 0 aliphatic rings. The number of rotatable bonds is 9. The zero-order valence-corrected chi connectivity index (χ0v) is 11.0. The zero-order valence-electron chi connectivity index (χ0n) is 11.0. The Morgan fingerprint density at radius 2 is 1.88 bits per heavy atom. The minimum absolute atomic E-state index is 0.167. The van der Waals surface area contributed by atoms with Crippen molar-refractivity contribution < 1.29 is 9.53 Å². The molecule has 0 aliphatic carbocycles. The lowest BCUT2D eigenvalue weighted by molar-refractivity contribution is -0.128. The van der Waals surface area contributed by atoms with E-state index in [0.717, 1.165) is 32.8 Å². The van der Waals surface area contributed by atoms with E-state index in [4.69, 9.17) is 4.74 Å². The molecule has 1 amide bonds. The number of carbonyl (C=O) groups excluding carboxylic acids is 1. The molecule has 0 spiro atoms. The van der Waals surface area contributed by atoms with Crippen LogP contribution in [0.2, 0.25) is 0 Å². The number of nitrogens with one attached hydrogen (secondary N) is 1. The lowest BCUT2D eigenvalue weighted by atomic mass is 10.4. The van der Waals surface area contributed by atoms with Gasteiger partial charge in [-0.1, -0.05) is 0 Å². The van der Waals surface area contributed by atoms with Crippen molar-refractivity contribution in [2.24, 2.45) is 0 Å². The van der Waals surface area contributed by atoms with Crippen LogP contribution in [-0.2, 0) is 9.53 Å². The maximum atomic E-state index is 11.2. The van der Waals surface area contributed by atoms with Crippen LogP contribution in [-0.4, -0.2) is 76.7 Å². The first-order valence-electron chi connectivity index (χ1n) is 5.66. The summed E-state index contributed by atoms with van der Waals surface area (Å²) in [5.74, 6) is 0.167. The van der Waals surface area contributed by atoms with Crippen LogP contribution in [0.25, 0.3) is 0 Å². The van der Waals surface area contributed by atoms with Gasteiger partial charge in [-0.05, 0) is 7.05 Å². The Morgan fingerprint density at radius 1 is 1.19 bits per heavy atom. The summed E-state index contributed by atoms with van der Waals surface area (Å²) >= 11 is 0. The van der Waals surface area contributed by atoms with Gasteiger partial charge < -0.3 is 19.9 Å². The molecule has 0 aromatic heterocycles. The van der Waals surface area contributed by atoms with Crippen molar-refractivity contribution in [3.63, 3.8) is 0 Å². The Hall–Kier alpha value is -0.650. The molecule has 96 valence electrons. The molecule has 0 aliphatic heterocycles. The van der Waals surface area contributed by atoms with Gasteiger partial charge in [-0.15, -0.1) is 0 Å². The minimum Gasteiger partial charge on any atom is -0.383 e. The first kappa shape index (κ1) is 15.3. The van der Waals surface area contributed by atoms with Gasteiger partial charge in [0.05, 0.1) is 6.61 Å². The molecule has 0 bridgehead atoms. The molecule has 0 radical (unpaired) electrons. The van der Waals surface area contributed by atoms with E-state index < -0.39 is 0 Å². The number of methoxy groups -OCH3 is 1. The Kier molecular flexibility index (Phi) is 9.18. The van der Waals surface area contributed by atoms with Crippen LogP contribution in [0.5, 0.6) is 0 Å². The van der Waals surface area contributed by atoms with Crippen molar-refractivity contribution in [1.82, 2.24) is 15.1 Å². The number of ether oxygens (including phenoxy) is 1. The van der Waals surface area contributed by atoms with Gasteiger partial charge in [0.25, 0.3) is 0 Å². The molecule has 0 heterocycles. The van der Waals surface area contributed by atoms with Crippen LogP contribution >= 0.6 is 0 Å². The number of nitrogens with zero attached hydrogens (tertiary/aromatic N) is 2. The fourth-order valence-electron chi connectivity index (χ4n) is 1.17. The van der Waals surface area contributed by atoms with Crippen LogP contribution in [0.1, 0.15) is 6.42 Å². The molecular formula is C11H25N3O2. The third kappa shape index (κ3) is 8.64. The number of amides is 1. The summed E-state index contributed by atoms with van der Waals surface area (Å²) in [6, 6.07) is 0. The second kappa shape index (κ2) is 9.57. The smallest absolute Gasteiger partial charge is 0.223 e. The topological polar surface area (TPSA) is 44.8 Å².